The molecule has 1 unspecified atom stereocenters. The summed E-state index contributed by atoms with van der Waals surface area (Å²) in [4.78, 5) is 13.6. The van der Waals surface area contributed by atoms with Gasteiger partial charge in [-0.15, -0.1) is 11.3 Å². The smallest absolute Gasteiger partial charge is 0.252 e. The van der Waals surface area contributed by atoms with E-state index >= 15 is 0 Å². The van der Waals surface area contributed by atoms with Crippen LogP contribution in [0.2, 0.25) is 0 Å². The topological polar surface area (TPSA) is 69.6 Å². The Hall–Kier alpha value is -0.910. The summed E-state index contributed by atoms with van der Waals surface area (Å²) in [5, 5.41) is 23.1. The molecule has 1 heterocycles. The molecule has 0 aliphatic heterocycles. The van der Waals surface area contributed by atoms with Crippen LogP contribution in [0.4, 0.5) is 0 Å². The Morgan fingerprint density at radius 2 is 2.21 bits per heavy atom. The number of carbonyl (C=O) groups excluding carboxylic acids is 1. The van der Waals surface area contributed by atoms with Crippen molar-refractivity contribution in [3.05, 3.63) is 21.4 Å². The molecule has 1 aliphatic carbocycles. The normalized spacial score (nSPS) is 19.1. The molecule has 0 spiro atoms. The number of amides is 1. The minimum Gasteiger partial charge on any atom is -0.394 e. The lowest BCUT2D eigenvalue weighted by Crippen LogP contribution is -2.51. The van der Waals surface area contributed by atoms with Crippen LogP contribution < -0.4 is 5.32 Å². The average Bonchev–Trinajstić information content (AvgIpc) is 2.81. The maximum Gasteiger partial charge on any atom is 0.252 e. The summed E-state index contributed by atoms with van der Waals surface area (Å²) in [6, 6.07) is 0. The number of rotatable bonds is 4. The molecule has 2 rings (SSSR count). The summed E-state index contributed by atoms with van der Waals surface area (Å²) in [5.41, 5.74) is 0.896. The highest BCUT2D eigenvalue weighted by Gasteiger charge is 2.28. The van der Waals surface area contributed by atoms with Gasteiger partial charge in [0.2, 0.25) is 0 Å². The second kappa shape index (κ2) is 5.61. The molecule has 1 aliphatic rings. The Morgan fingerprint density at radius 3 is 2.84 bits per heavy atom. The molecule has 5 heteroatoms. The van der Waals surface area contributed by atoms with Gasteiger partial charge in [0.05, 0.1) is 24.3 Å². The van der Waals surface area contributed by atoms with Crippen molar-refractivity contribution in [2.75, 3.05) is 13.2 Å². The fourth-order valence-corrected chi connectivity index (χ4v) is 3.58. The number of nitrogens with one attached hydrogen (secondary N) is 1. The van der Waals surface area contributed by atoms with E-state index < -0.39 is 5.54 Å². The standard InChI is InChI=1S/C14H21NO3S/c1-9-3-4-10-11(6-19-12(10)5-9)13(18)15-14(2,7-16)8-17/h6,9,16-17H,3-5,7-8H2,1-2H3,(H,15,18). The summed E-state index contributed by atoms with van der Waals surface area (Å²) in [7, 11) is 0. The Labute approximate surface area is 117 Å². The maximum absolute atomic E-state index is 12.3. The van der Waals surface area contributed by atoms with Gasteiger partial charge in [-0.2, -0.15) is 0 Å². The van der Waals surface area contributed by atoms with E-state index in [0.717, 1.165) is 24.8 Å². The van der Waals surface area contributed by atoms with Crippen LogP contribution in [-0.4, -0.2) is 34.9 Å². The van der Waals surface area contributed by atoms with Crippen molar-refractivity contribution in [3.63, 3.8) is 0 Å². The molecule has 0 fully saturated rings. The van der Waals surface area contributed by atoms with Gasteiger partial charge in [-0.3, -0.25) is 4.79 Å². The second-order valence-electron chi connectivity index (χ2n) is 5.73. The van der Waals surface area contributed by atoms with E-state index in [1.807, 2.05) is 5.38 Å². The Kier molecular flexibility index (Phi) is 4.28. The number of thiophene rings is 1. The van der Waals surface area contributed by atoms with Gasteiger partial charge in [-0.1, -0.05) is 6.92 Å². The van der Waals surface area contributed by atoms with Crippen molar-refractivity contribution in [2.24, 2.45) is 5.92 Å². The van der Waals surface area contributed by atoms with E-state index in [1.54, 1.807) is 18.3 Å². The van der Waals surface area contributed by atoms with Crippen LogP contribution >= 0.6 is 11.3 Å². The van der Waals surface area contributed by atoms with Crippen LogP contribution in [0.3, 0.4) is 0 Å². The summed E-state index contributed by atoms with van der Waals surface area (Å²) in [6.07, 6.45) is 3.10. The molecule has 0 bridgehead atoms. The van der Waals surface area contributed by atoms with Crippen molar-refractivity contribution >= 4 is 17.2 Å². The van der Waals surface area contributed by atoms with Crippen LogP contribution in [0.5, 0.6) is 0 Å². The number of aliphatic hydroxyl groups is 2. The molecule has 106 valence electrons. The lowest BCUT2D eigenvalue weighted by atomic mass is 9.88. The molecule has 19 heavy (non-hydrogen) atoms. The largest absolute Gasteiger partial charge is 0.394 e. The van der Waals surface area contributed by atoms with Gasteiger partial charge in [0, 0.05) is 10.3 Å². The fourth-order valence-electron chi connectivity index (χ4n) is 2.34. The van der Waals surface area contributed by atoms with Crippen molar-refractivity contribution < 1.29 is 15.0 Å². The lowest BCUT2D eigenvalue weighted by Gasteiger charge is -2.26. The first kappa shape index (κ1) is 14.5. The van der Waals surface area contributed by atoms with Crippen molar-refractivity contribution in [1.29, 1.82) is 0 Å². The molecule has 0 saturated heterocycles. The van der Waals surface area contributed by atoms with E-state index in [4.69, 9.17) is 0 Å². The minimum atomic E-state index is -0.964. The first-order valence-electron chi connectivity index (χ1n) is 6.62. The third-order valence-electron chi connectivity index (χ3n) is 3.76. The quantitative estimate of drug-likeness (QED) is 0.781. The fraction of sp³-hybridized carbons (Fsp3) is 0.643. The monoisotopic (exact) mass is 283 g/mol. The number of hydrogen-bond donors (Lipinski definition) is 3. The van der Waals surface area contributed by atoms with Crippen molar-refractivity contribution in [2.45, 2.75) is 38.6 Å². The van der Waals surface area contributed by atoms with Gasteiger partial charge < -0.3 is 15.5 Å². The van der Waals surface area contributed by atoms with E-state index in [1.165, 1.54) is 4.88 Å². The van der Waals surface area contributed by atoms with Gasteiger partial charge in [-0.25, -0.2) is 0 Å². The zero-order chi connectivity index (χ0) is 14.0. The Bertz CT molecular complexity index is 465. The van der Waals surface area contributed by atoms with E-state index in [2.05, 4.69) is 12.2 Å². The molecule has 3 N–H and O–H groups in total. The van der Waals surface area contributed by atoms with Crippen LogP contribution in [-0.2, 0) is 12.8 Å². The second-order valence-corrected chi connectivity index (χ2v) is 6.69. The molecule has 0 radical (unpaired) electrons. The number of fused-ring (bicyclic) bond motifs is 1. The maximum atomic E-state index is 12.3. The van der Waals surface area contributed by atoms with E-state index in [0.29, 0.717) is 11.5 Å². The first-order valence-corrected chi connectivity index (χ1v) is 7.50. The predicted octanol–water partition coefficient (Wildman–Crippen LogP) is 1.35. The summed E-state index contributed by atoms with van der Waals surface area (Å²) in [5.74, 6) is 0.486. The predicted molar refractivity (Wildman–Crippen MR) is 75.6 cm³/mol. The van der Waals surface area contributed by atoms with Crippen molar-refractivity contribution in [1.82, 2.24) is 5.32 Å². The van der Waals surface area contributed by atoms with Gasteiger partial charge in [0.15, 0.2) is 0 Å². The van der Waals surface area contributed by atoms with Crippen LogP contribution in [0.1, 0.15) is 41.1 Å². The first-order chi connectivity index (χ1) is 8.99. The summed E-state index contributed by atoms with van der Waals surface area (Å²) >= 11 is 1.64. The third kappa shape index (κ3) is 2.99. The SMILES string of the molecule is CC1CCc2c(C(=O)NC(C)(CO)CO)csc2C1. The van der Waals surface area contributed by atoms with Crippen LogP contribution in [0.25, 0.3) is 0 Å². The molecule has 1 amide bonds. The third-order valence-corrected chi connectivity index (χ3v) is 4.81. The highest BCUT2D eigenvalue weighted by Crippen LogP contribution is 2.32. The Morgan fingerprint density at radius 1 is 1.53 bits per heavy atom. The summed E-state index contributed by atoms with van der Waals surface area (Å²) < 4.78 is 0. The van der Waals surface area contributed by atoms with Gasteiger partial charge in [-0.05, 0) is 37.7 Å². The molecule has 0 saturated carbocycles. The van der Waals surface area contributed by atoms with Gasteiger partial charge in [0.25, 0.3) is 5.91 Å². The number of carbonyl (C=O) groups is 1. The highest BCUT2D eigenvalue weighted by molar-refractivity contribution is 7.10. The Balaban J connectivity index is 2.17. The highest BCUT2D eigenvalue weighted by atomic mass is 32.1. The minimum absolute atomic E-state index is 0.197. The number of hydrogen-bond acceptors (Lipinski definition) is 4. The molecule has 1 aromatic heterocycles. The number of aliphatic hydroxyl groups excluding tert-OH is 2. The molecular formula is C14H21NO3S. The van der Waals surface area contributed by atoms with Crippen molar-refractivity contribution in [3.8, 4) is 0 Å². The molecule has 0 aromatic carbocycles. The van der Waals surface area contributed by atoms with Gasteiger partial charge in [0.1, 0.15) is 0 Å². The summed E-state index contributed by atoms with van der Waals surface area (Å²) in [6.45, 7) is 3.31. The zero-order valence-corrected chi connectivity index (χ0v) is 12.2. The molecule has 1 atom stereocenters. The van der Waals surface area contributed by atoms with Crippen LogP contribution in [0.15, 0.2) is 5.38 Å². The lowest BCUT2D eigenvalue weighted by molar-refractivity contribution is 0.0723. The van der Waals surface area contributed by atoms with E-state index in [9.17, 15) is 15.0 Å². The van der Waals surface area contributed by atoms with Gasteiger partial charge >= 0.3 is 0 Å². The average molecular weight is 283 g/mol. The molecule has 4 nitrogen and oxygen atoms in total. The molecular weight excluding hydrogens is 262 g/mol. The molecule has 1 aromatic rings. The van der Waals surface area contributed by atoms with Crippen LogP contribution in [0, 0.1) is 5.92 Å². The van der Waals surface area contributed by atoms with E-state index in [-0.39, 0.29) is 19.1 Å². The zero-order valence-electron chi connectivity index (χ0n) is 11.4.